The van der Waals surface area contributed by atoms with Crippen LogP contribution < -0.4 is 4.74 Å². The number of benzene rings is 1. The third kappa shape index (κ3) is 8.05. The van der Waals surface area contributed by atoms with Crippen molar-refractivity contribution in [2.75, 3.05) is 6.61 Å². The molecule has 0 bridgehead atoms. The molecule has 0 heterocycles. The Balaban J connectivity index is 0.000000980. The molecule has 0 saturated heterocycles. The molecule has 0 unspecified atom stereocenters. The minimum absolute atomic E-state index is 0.00551. The van der Waals surface area contributed by atoms with Gasteiger partial charge in [-0.3, -0.25) is 0 Å². The summed E-state index contributed by atoms with van der Waals surface area (Å²) in [5, 5.41) is 8.94. The summed E-state index contributed by atoms with van der Waals surface area (Å²) < 4.78 is 65.4. The number of ether oxygens (including phenoxy) is 1. The third-order valence-electron chi connectivity index (χ3n) is 2.66. The fourth-order valence-electron chi connectivity index (χ4n) is 1.17. The van der Waals surface area contributed by atoms with Gasteiger partial charge in [-0.2, -0.15) is 22.0 Å². The van der Waals surface area contributed by atoms with Crippen LogP contribution in [0.3, 0.4) is 0 Å². The maximum Gasteiger partial charge on any atom is 0.453 e. The number of phenolic OH excluding ortho intramolecular Hbond substituents is 1. The van der Waals surface area contributed by atoms with E-state index in [9.17, 15) is 22.0 Å². The van der Waals surface area contributed by atoms with Gasteiger partial charge in [0.05, 0.1) is 6.61 Å². The number of aromatic hydroxyl groups is 1. The van der Waals surface area contributed by atoms with Crippen molar-refractivity contribution in [1.82, 2.24) is 0 Å². The normalized spacial score (nSPS) is 11.6. The zero-order chi connectivity index (χ0) is 17.2. The van der Waals surface area contributed by atoms with Gasteiger partial charge in [-0.1, -0.05) is 26.7 Å². The van der Waals surface area contributed by atoms with Crippen molar-refractivity contribution in [2.45, 2.75) is 51.6 Å². The molecular formula is C15H21F5O2. The summed E-state index contributed by atoms with van der Waals surface area (Å²) in [4.78, 5) is 0. The molecule has 0 spiro atoms. The third-order valence-corrected chi connectivity index (χ3v) is 2.66. The van der Waals surface area contributed by atoms with Gasteiger partial charge >= 0.3 is 12.1 Å². The molecule has 7 heteroatoms. The lowest BCUT2D eigenvalue weighted by Crippen LogP contribution is -2.36. The van der Waals surface area contributed by atoms with Crippen molar-refractivity contribution in [3.05, 3.63) is 24.3 Å². The number of hydrogen-bond acceptors (Lipinski definition) is 2. The van der Waals surface area contributed by atoms with Gasteiger partial charge in [0.15, 0.2) is 0 Å². The molecule has 2 nitrogen and oxygen atoms in total. The Morgan fingerprint density at radius 2 is 1.45 bits per heavy atom. The zero-order valence-electron chi connectivity index (χ0n) is 12.6. The summed E-state index contributed by atoms with van der Waals surface area (Å²) in [7, 11) is 0. The Bertz CT molecular complexity index is 399. The minimum Gasteiger partial charge on any atom is -0.508 e. The van der Waals surface area contributed by atoms with E-state index in [1.165, 1.54) is 37.1 Å². The summed E-state index contributed by atoms with van der Waals surface area (Å²) in [5.74, 6) is -4.39. The van der Waals surface area contributed by atoms with E-state index >= 15 is 0 Å². The number of alkyl halides is 5. The zero-order valence-corrected chi connectivity index (χ0v) is 12.6. The molecule has 0 aliphatic carbocycles. The van der Waals surface area contributed by atoms with Crippen molar-refractivity contribution < 1.29 is 31.8 Å². The summed E-state index contributed by atoms with van der Waals surface area (Å²) in [6, 6.07) is 5.41. The average Bonchev–Trinajstić information content (AvgIpc) is 2.44. The highest BCUT2D eigenvalue weighted by Gasteiger charge is 2.56. The van der Waals surface area contributed by atoms with Crippen LogP contribution in [0.25, 0.3) is 0 Å². The van der Waals surface area contributed by atoms with Crippen LogP contribution in [0.4, 0.5) is 22.0 Å². The van der Waals surface area contributed by atoms with Crippen molar-refractivity contribution in [3.63, 3.8) is 0 Å². The summed E-state index contributed by atoms with van der Waals surface area (Å²) >= 11 is 0. The molecule has 0 amide bonds. The first-order chi connectivity index (χ1) is 10.1. The van der Waals surface area contributed by atoms with Crippen LogP contribution in [-0.2, 0) is 0 Å². The monoisotopic (exact) mass is 328 g/mol. The van der Waals surface area contributed by atoms with Gasteiger partial charge in [0.25, 0.3) is 0 Å². The number of hydrogen-bond donors (Lipinski definition) is 1. The molecule has 128 valence electrons. The topological polar surface area (TPSA) is 29.5 Å². The number of phenols is 1. The van der Waals surface area contributed by atoms with E-state index in [0.717, 1.165) is 0 Å². The summed E-state index contributed by atoms with van der Waals surface area (Å²) in [6.45, 7) is 4.11. The quantitative estimate of drug-likeness (QED) is 0.547. The lowest BCUT2D eigenvalue weighted by Gasteiger charge is -2.19. The van der Waals surface area contributed by atoms with E-state index < -0.39 is 24.9 Å². The second-order valence-electron chi connectivity index (χ2n) is 4.65. The minimum atomic E-state index is -5.52. The van der Waals surface area contributed by atoms with Crippen LogP contribution >= 0.6 is 0 Å². The number of halogens is 5. The maximum atomic E-state index is 12.5. The van der Waals surface area contributed by atoms with Crippen LogP contribution in [0.15, 0.2) is 24.3 Å². The standard InChI is InChI=1S/C11H11F5O2.C4H10/c12-10(13,11(14,15)16)6-1-7-18-9-4-2-8(17)3-5-9;1-3-4-2/h2-5,17H,1,6-7H2;3-4H2,1-2H3. The lowest BCUT2D eigenvalue weighted by molar-refractivity contribution is -0.284. The molecule has 1 rings (SSSR count). The Kier molecular flexibility index (Phi) is 8.82. The highest BCUT2D eigenvalue weighted by Crippen LogP contribution is 2.38. The van der Waals surface area contributed by atoms with Gasteiger partial charge < -0.3 is 9.84 Å². The number of rotatable bonds is 6. The SMILES string of the molecule is CCCC.Oc1ccc(OCCCC(F)(F)C(F)(F)F)cc1. The molecule has 0 aliphatic heterocycles. The van der Waals surface area contributed by atoms with Gasteiger partial charge in [-0.05, 0) is 30.7 Å². The Labute approximate surface area is 126 Å². The Hall–Kier alpha value is -1.53. The first-order valence-electron chi connectivity index (χ1n) is 7.00. The molecule has 0 aliphatic rings. The van der Waals surface area contributed by atoms with E-state index in [0.29, 0.717) is 5.75 Å². The van der Waals surface area contributed by atoms with Crippen LogP contribution in [-0.4, -0.2) is 23.8 Å². The highest BCUT2D eigenvalue weighted by molar-refractivity contribution is 5.29. The first-order valence-corrected chi connectivity index (χ1v) is 7.00. The van der Waals surface area contributed by atoms with E-state index in [1.54, 1.807) is 0 Å². The second-order valence-corrected chi connectivity index (χ2v) is 4.65. The van der Waals surface area contributed by atoms with Crippen LogP contribution in [0.1, 0.15) is 39.5 Å². The molecular weight excluding hydrogens is 307 g/mol. The smallest absolute Gasteiger partial charge is 0.453 e. The molecule has 0 fully saturated rings. The molecule has 0 saturated carbocycles. The van der Waals surface area contributed by atoms with E-state index in [4.69, 9.17) is 9.84 Å². The Morgan fingerprint density at radius 3 is 1.86 bits per heavy atom. The predicted molar refractivity (Wildman–Crippen MR) is 74.4 cm³/mol. The maximum absolute atomic E-state index is 12.5. The molecule has 22 heavy (non-hydrogen) atoms. The second kappa shape index (κ2) is 9.48. The molecule has 0 atom stereocenters. The average molecular weight is 328 g/mol. The largest absolute Gasteiger partial charge is 0.508 e. The van der Waals surface area contributed by atoms with Gasteiger partial charge in [-0.25, -0.2) is 0 Å². The van der Waals surface area contributed by atoms with Crippen molar-refractivity contribution in [1.29, 1.82) is 0 Å². The Morgan fingerprint density at radius 1 is 0.955 bits per heavy atom. The molecule has 1 aromatic rings. The molecule has 1 aromatic carbocycles. The van der Waals surface area contributed by atoms with E-state index in [2.05, 4.69) is 13.8 Å². The first kappa shape index (κ1) is 20.5. The summed E-state index contributed by atoms with van der Waals surface area (Å²) in [6.07, 6.45) is -4.62. The van der Waals surface area contributed by atoms with Crippen LogP contribution in [0, 0.1) is 0 Å². The fraction of sp³-hybridized carbons (Fsp3) is 0.600. The van der Waals surface area contributed by atoms with Crippen molar-refractivity contribution in [3.8, 4) is 11.5 Å². The van der Waals surface area contributed by atoms with Crippen LogP contribution in [0.5, 0.6) is 11.5 Å². The predicted octanol–water partition coefficient (Wildman–Crippen LogP) is 5.56. The van der Waals surface area contributed by atoms with E-state index in [-0.39, 0.29) is 12.4 Å². The number of unbranched alkanes of at least 4 members (excludes halogenated alkanes) is 1. The van der Waals surface area contributed by atoms with Crippen molar-refractivity contribution in [2.24, 2.45) is 0 Å². The fourth-order valence-corrected chi connectivity index (χ4v) is 1.17. The molecule has 0 radical (unpaired) electrons. The highest BCUT2D eigenvalue weighted by atomic mass is 19.4. The van der Waals surface area contributed by atoms with Crippen LogP contribution in [0.2, 0.25) is 0 Å². The molecule has 1 N–H and O–H groups in total. The summed E-state index contributed by atoms with van der Waals surface area (Å²) in [5.41, 5.74) is 0. The van der Waals surface area contributed by atoms with Gasteiger partial charge in [-0.15, -0.1) is 0 Å². The van der Waals surface area contributed by atoms with Gasteiger partial charge in [0, 0.05) is 6.42 Å². The van der Waals surface area contributed by atoms with Crippen molar-refractivity contribution >= 4 is 0 Å². The molecule has 0 aromatic heterocycles. The van der Waals surface area contributed by atoms with E-state index in [1.807, 2.05) is 0 Å². The van der Waals surface area contributed by atoms with Gasteiger partial charge in [0.2, 0.25) is 0 Å². The van der Waals surface area contributed by atoms with Gasteiger partial charge in [0.1, 0.15) is 11.5 Å². The lowest BCUT2D eigenvalue weighted by atomic mass is 10.2.